The number of nitrogens with one attached hydrogen (secondary N) is 1. The zero-order chi connectivity index (χ0) is 13.2. The zero-order valence-electron chi connectivity index (χ0n) is 9.46. The zero-order valence-corrected chi connectivity index (χ0v) is 10.2. The summed E-state index contributed by atoms with van der Waals surface area (Å²) in [6, 6.07) is 7.05. The lowest BCUT2D eigenvalue weighted by Crippen LogP contribution is -1.86. The number of pyridine rings is 1. The van der Waals surface area contributed by atoms with Crippen molar-refractivity contribution >= 4 is 11.6 Å². The average Bonchev–Trinajstić information content (AvgIpc) is 3.08. The van der Waals surface area contributed by atoms with Crippen molar-refractivity contribution in [2.75, 3.05) is 0 Å². The second-order valence-corrected chi connectivity index (χ2v) is 4.08. The molecule has 3 rings (SSSR count). The molecule has 3 aromatic heterocycles. The molecular weight excluding hydrogens is 266 g/mol. The maximum atomic E-state index is 8.75. The summed E-state index contributed by atoms with van der Waals surface area (Å²) < 4.78 is 5.12. The Labute approximate surface area is 112 Å². The first-order chi connectivity index (χ1) is 9.28. The van der Waals surface area contributed by atoms with E-state index in [0.717, 1.165) is 0 Å². The molecule has 0 aliphatic heterocycles. The number of aromatic nitrogens is 4. The van der Waals surface area contributed by atoms with E-state index < -0.39 is 0 Å². The van der Waals surface area contributed by atoms with Crippen LogP contribution in [-0.2, 0) is 0 Å². The molecule has 6 nitrogen and oxygen atoms in total. The Hall–Kier alpha value is -2.65. The quantitative estimate of drug-likeness (QED) is 0.773. The third-order valence-corrected chi connectivity index (χ3v) is 2.74. The van der Waals surface area contributed by atoms with E-state index in [1.54, 1.807) is 30.6 Å². The van der Waals surface area contributed by atoms with E-state index in [2.05, 4.69) is 20.1 Å². The maximum absolute atomic E-state index is 8.75. The highest BCUT2D eigenvalue weighted by molar-refractivity contribution is 6.32. The highest BCUT2D eigenvalue weighted by Crippen LogP contribution is 2.25. The highest BCUT2D eigenvalue weighted by Gasteiger charge is 2.15. The summed E-state index contributed by atoms with van der Waals surface area (Å²) in [5.74, 6) is 0.576. The minimum absolute atomic E-state index is 0.276. The molecule has 0 spiro atoms. The summed E-state index contributed by atoms with van der Waals surface area (Å²) in [7, 11) is 0. The van der Waals surface area contributed by atoms with Crippen molar-refractivity contribution in [2.45, 2.75) is 0 Å². The van der Waals surface area contributed by atoms with E-state index in [1.165, 1.54) is 0 Å². The van der Waals surface area contributed by atoms with E-state index in [4.69, 9.17) is 21.4 Å². The van der Waals surface area contributed by atoms with Crippen LogP contribution in [0, 0.1) is 11.3 Å². The van der Waals surface area contributed by atoms with Gasteiger partial charge in [-0.1, -0.05) is 16.8 Å². The van der Waals surface area contributed by atoms with Crippen LogP contribution in [0.15, 0.2) is 35.1 Å². The molecule has 0 unspecified atom stereocenters. The molecule has 0 aliphatic rings. The second-order valence-electron chi connectivity index (χ2n) is 3.67. The number of rotatable bonds is 2. The summed E-state index contributed by atoms with van der Waals surface area (Å²) in [6.07, 6.45) is 3.16. The van der Waals surface area contributed by atoms with E-state index in [0.29, 0.717) is 27.8 Å². The van der Waals surface area contributed by atoms with Gasteiger partial charge in [-0.2, -0.15) is 10.2 Å². The number of aromatic amines is 1. The predicted octanol–water partition coefficient (Wildman–Crippen LogP) is 2.65. The molecule has 92 valence electrons. The van der Waals surface area contributed by atoms with Gasteiger partial charge >= 0.3 is 0 Å². The molecule has 0 radical (unpaired) electrons. The second kappa shape index (κ2) is 4.55. The fourth-order valence-electron chi connectivity index (χ4n) is 1.56. The number of H-pyrrole nitrogens is 1. The summed E-state index contributed by atoms with van der Waals surface area (Å²) >= 11 is 6.01. The molecule has 19 heavy (non-hydrogen) atoms. The van der Waals surface area contributed by atoms with E-state index >= 15 is 0 Å². The first kappa shape index (κ1) is 11.4. The van der Waals surface area contributed by atoms with E-state index in [1.807, 2.05) is 6.07 Å². The lowest BCUT2D eigenvalue weighted by atomic mass is 10.3. The van der Waals surface area contributed by atoms with Crippen LogP contribution in [0.25, 0.3) is 23.1 Å². The van der Waals surface area contributed by atoms with Gasteiger partial charge < -0.3 is 9.51 Å². The fraction of sp³-hybridized carbons (Fsp3) is 0. The maximum Gasteiger partial charge on any atom is 0.274 e. The molecule has 0 amide bonds. The van der Waals surface area contributed by atoms with Gasteiger partial charge in [0.15, 0.2) is 0 Å². The van der Waals surface area contributed by atoms with Crippen LogP contribution in [0.4, 0.5) is 0 Å². The Morgan fingerprint density at radius 1 is 1.42 bits per heavy atom. The van der Waals surface area contributed by atoms with Gasteiger partial charge in [-0.05, 0) is 18.2 Å². The molecule has 0 aromatic carbocycles. The van der Waals surface area contributed by atoms with Crippen molar-refractivity contribution in [2.24, 2.45) is 0 Å². The van der Waals surface area contributed by atoms with E-state index in [-0.39, 0.29) is 5.89 Å². The minimum Gasteiger partial charge on any atom is -0.356 e. The number of hydrogen-bond donors (Lipinski definition) is 1. The van der Waals surface area contributed by atoms with Gasteiger partial charge in [0.2, 0.25) is 5.82 Å². The largest absolute Gasteiger partial charge is 0.356 e. The Balaban J connectivity index is 2.00. The van der Waals surface area contributed by atoms with Crippen LogP contribution < -0.4 is 0 Å². The number of hydrogen-bond acceptors (Lipinski definition) is 5. The Morgan fingerprint density at radius 2 is 2.32 bits per heavy atom. The van der Waals surface area contributed by atoms with Crippen LogP contribution >= 0.6 is 11.6 Å². The van der Waals surface area contributed by atoms with Crippen LogP contribution in [0.2, 0.25) is 5.02 Å². The molecule has 3 aromatic rings. The minimum atomic E-state index is 0.276. The number of nitriles is 1. The molecule has 3 heterocycles. The van der Waals surface area contributed by atoms with Gasteiger partial charge in [0.25, 0.3) is 5.89 Å². The van der Waals surface area contributed by atoms with Crippen molar-refractivity contribution in [3.63, 3.8) is 0 Å². The summed E-state index contributed by atoms with van der Waals surface area (Å²) in [4.78, 5) is 11.2. The molecular formula is C12H6ClN5O. The SMILES string of the molecule is N#Cc1c[nH]c(-c2nc(-c3ncccc3Cl)no2)c1. The molecule has 1 N–H and O–H groups in total. The van der Waals surface area contributed by atoms with Gasteiger partial charge in [0.1, 0.15) is 17.5 Å². The topological polar surface area (TPSA) is 91.4 Å². The van der Waals surface area contributed by atoms with Crippen molar-refractivity contribution in [1.82, 2.24) is 20.1 Å². The monoisotopic (exact) mass is 271 g/mol. The predicted molar refractivity (Wildman–Crippen MR) is 67.0 cm³/mol. The normalized spacial score (nSPS) is 10.3. The molecule has 0 bridgehead atoms. The molecule has 0 saturated heterocycles. The van der Waals surface area contributed by atoms with E-state index in [9.17, 15) is 0 Å². The van der Waals surface area contributed by atoms with Gasteiger partial charge in [0.05, 0.1) is 10.6 Å². The van der Waals surface area contributed by atoms with Crippen LogP contribution in [0.3, 0.4) is 0 Å². The third kappa shape index (κ3) is 2.07. The summed E-state index contributed by atoms with van der Waals surface area (Å²) in [5.41, 5.74) is 1.51. The van der Waals surface area contributed by atoms with Crippen molar-refractivity contribution < 1.29 is 4.52 Å². The van der Waals surface area contributed by atoms with Crippen LogP contribution in [0.1, 0.15) is 5.56 Å². The molecule has 0 aliphatic carbocycles. The van der Waals surface area contributed by atoms with Crippen molar-refractivity contribution in [3.05, 3.63) is 41.2 Å². The average molecular weight is 272 g/mol. The Morgan fingerprint density at radius 3 is 3.05 bits per heavy atom. The van der Waals surface area contributed by atoms with Gasteiger partial charge in [-0.15, -0.1) is 0 Å². The third-order valence-electron chi connectivity index (χ3n) is 2.44. The number of nitrogens with zero attached hydrogens (tertiary/aromatic N) is 4. The first-order valence-corrected chi connectivity index (χ1v) is 5.69. The van der Waals surface area contributed by atoms with Crippen molar-refractivity contribution in [1.29, 1.82) is 5.26 Å². The highest BCUT2D eigenvalue weighted by atomic mass is 35.5. The molecule has 0 atom stereocenters. The van der Waals surface area contributed by atoms with Gasteiger partial charge in [-0.3, -0.25) is 4.98 Å². The van der Waals surface area contributed by atoms with Crippen LogP contribution in [0.5, 0.6) is 0 Å². The first-order valence-electron chi connectivity index (χ1n) is 5.31. The number of halogens is 1. The standard InChI is InChI=1S/C12H6ClN5O/c13-8-2-1-3-15-10(8)11-17-12(19-18-11)9-4-7(5-14)6-16-9/h1-4,6,16H. The van der Waals surface area contributed by atoms with Crippen LogP contribution in [-0.4, -0.2) is 20.1 Å². The smallest absolute Gasteiger partial charge is 0.274 e. The summed E-state index contributed by atoms with van der Waals surface area (Å²) in [6.45, 7) is 0. The summed E-state index contributed by atoms with van der Waals surface area (Å²) in [5, 5.41) is 13.0. The van der Waals surface area contributed by atoms with Gasteiger partial charge in [-0.25, -0.2) is 0 Å². The molecule has 0 fully saturated rings. The Kier molecular flexibility index (Phi) is 2.74. The lowest BCUT2D eigenvalue weighted by Gasteiger charge is -1.94. The fourth-order valence-corrected chi connectivity index (χ4v) is 1.77. The van der Waals surface area contributed by atoms with Crippen molar-refractivity contribution in [3.8, 4) is 29.2 Å². The lowest BCUT2D eigenvalue weighted by molar-refractivity contribution is 0.431. The Bertz CT molecular complexity index is 770. The molecule has 0 saturated carbocycles. The van der Waals surface area contributed by atoms with Gasteiger partial charge in [0, 0.05) is 12.4 Å². The molecule has 7 heteroatoms.